The number of aromatic nitrogens is 4. The van der Waals surface area contributed by atoms with E-state index in [1.807, 2.05) is 68.2 Å². The van der Waals surface area contributed by atoms with Gasteiger partial charge in [0.1, 0.15) is 13.7 Å². The van der Waals surface area contributed by atoms with Crippen molar-refractivity contribution in [2.24, 2.45) is 0 Å². The van der Waals surface area contributed by atoms with E-state index in [4.69, 9.17) is 16.6 Å². The van der Waals surface area contributed by atoms with E-state index in [0.717, 1.165) is 33.7 Å². The number of hydrogen-bond acceptors (Lipinski definition) is 4. The van der Waals surface area contributed by atoms with Crippen LogP contribution in [0.1, 0.15) is 5.56 Å². The van der Waals surface area contributed by atoms with Crippen LogP contribution < -0.4 is 10.4 Å². The standard InChI is InChI=1S/C19H17BClN5/c1-25(12-13-5-4-8-22-10-13)18-9-17(14-6-2-3-7-16(14)21)24-19-15(20)11-23-26(18)19/h2-11H,12,20H2,1H3. The van der Waals surface area contributed by atoms with Crippen molar-refractivity contribution >= 4 is 36.4 Å². The van der Waals surface area contributed by atoms with E-state index in [0.29, 0.717) is 11.6 Å². The molecule has 0 spiro atoms. The summed E-state index contributed by atoms with van der Waals surface area (Å²) in [5.74, 6) is 0.946. The summed E-state index contributed by atoms with van der Waals surface area (Å²) in [7, 11) is 4.05. The van der Waals surface area contributed by atoms with Crippen LogP contribution in [0.2, 0.25) is 5.02 Å². The number of halogens is 1. The zero-order valence-corrected chi connectivity index (χ0v) is 15.4. The van der Waals surface area contributed by atoms with Gasteiger partial charge in [-0.3, -0.25) is 4.98 Å². The molecule has 0 bridgehead atoms. The van der Waals surface area contributed by atoms with Crippen LogP contribution in [0.25, 0.3) is 16.9 Å². The van der Waals surface area contributed by atoms with Crippen molar-refractivity contribution in [2.45, 2.75) is 6.54 Å². The molecule has 5 nitrogen and oxygen atoms in total. The maximum absolute atomic E-state index is 6.40. The van der Waals surface area contributed by atoms with Crippen LogP contribution in [0.3, 0.4) is 0 Å². The van der Waals surface area contributed by atoms with Crippen molar-refractivity contribution in [3.8, 4) is 11.3 Å². The van der Waals surface area contributed by atoms with Gasteiger partial charge < -0.3 is 4.90 Å². The molecule has 0 unspecified atom stereocenters. The second kappa shape index (κ2) is 6.80. The lowest BCUT2D eigenvalue weighted by Crippen LogP contribution is -2.20. The van der Waals surface area contributed by atoms with Gasteiger partial charge in [-0.05, 0) is 23.2 Å². The third-order valence-electron chi connectivity index (χ3n) is 4.31. The zero-order valence-electron chi connectivity index (χ0n) is 14.6. The first-order valence-electron chi connectivity index (χ1n) is 8.34. The van der Waals surface area contributed by atoms with Crippen LogP contribution in [0.4, 0.5) is 5.82 Å². The number of hydrogen-bond donors (Lipinski definition) is 0. The second-order valence-corrected chi connectivity index (χ2v) is 6.67. The lowest BCUT2D eigenvalue weighted by molar-refractivity contribution is 0.830. The summed E-state index contributed by atoms with van der Waals surface area (Å²) in [4.78, 5) is 11.1. The molecule has 0 radical (unpaired) electrons. The molecule has 0 atom stereocenters. The molecule has 3 heterocycles. The first kappa shape index (κ1) is 16.6. The minimum Gasteiger partial charge on any atom is -0.355 e. The Morgan fingerprint density at radius 2 is 2.00 bits per heavy atom. The van der Waals surface area contributed by atoms with Crippen molar-refractivity contribution < 1.29 is 0 Å². The molecule has 0 N–H and O–H groups in total. The monoisotopic (exact) mass is 361 g/mol. The van der Waals surface area contributed by atoms with Gasteiger partial charge in [0.05, 0.1) is 5.69 Å². The molecule has 0 aliphatic carbocycles. The van der Waals surface area contributed by atoms with E-state index >= 15 is 0 Å². The van der Waals surface area contributed by atoms with Gasteiger partial charge in [0, 0.05) is 48.8 Å². The average molecular weight is 362 g/mol. The fraction of sp³-hybridized carbons (Fsp3) is 0.105. The molecule has 7 heteroatoms. The molecule has 0 saturated heterocycles. The largest absolute Gasteiger partial charge is 0.355 e. The molecule has 4 rings (SSSR count). The molecule has 1 aromatic carbocycles. The second-order valence-electron chi connectivity index (χ2n) is 6.26. The van der Waals surface area contributed by atoms with Gasteiger partial charge in [-0.25, -0.2) is 4.98 Å². The molecule has 0 fully saturated rings. The topological polar surface area (TPSA) is 46.3 Å². The van der Waals surface area contributed by atoms with Gasteiger partial charge in [0.15, 0.2) is 5.65 Å². The van der Waals surface area contributed by atoms with Crippen molar-refractivity contribution in [2.75, 3.05) is 11.9 Å². The molecule has 4 aromatic rings. The maximum atomic E-state index is 6.40. The number of pyridine rings is 1. The van der Waals surface area contributed by atoms with Crippen LogP contribution in [-0.2, 0) is 6.54 Å². The summed E-state index contributed by atoms with van der Waals surface area (Å²) in [6.45, 7) is 0.716. The quantitative estimate of drug-likeness (QED) is 0.524. The molecular formula is C19H17BClN5. The normalized spacial score (nSPS) is 11.0. The Morgan fingerprint density at radius 3 is 2.77 bits per heavy atom. The summed E-state index contributed by atoms with van der Waals surface area (Å²) < 4.78 is 1.87. The van der Waals surface area contributed by atoms with E-state index in [1.54, 1.807) is 6.20 Å². The highest BCUT2D eigenvalue weighted by Gasteiger charge is 2.15. The van der Waals surface area contributed by atoms with Gasteiger partial charge in [-0.2, -0.15) is 9.61 Å². The van der Waals surface area contributed by atoms with E-state index in [9.17, 15) is 0 Å². The Hall–Kier alpha value is -2.86. The molecule has 0 aliphatic heterocycles. The Bertz CT molecular complexity index is 1060. The fourth-order valence-electron chi connectivity index (χ4n) is 2.98. The van der Waals surface area contributed by atoms with E-state index in [2.05, 4.69) is 21.0 Å². The molecule has 26 heavy (non-hydrogen) atoms. The smallest absolute Gasteiger partial charge is 0.151 e. The third kappa shape index (κ3) is 3.04. The number of nitrogens with zero attached hydrogens (tertiary/aromatic N) is 5. The zero-order chi connectivity index (χ0) is 18.1. The lowest BCUT2D eigenvalue weighted by Gasteiger charge is -2.21. The van der Waals surface area contributed by atoms with Crippen LogP contribution in [0.15, 0.2) is 61.1 Å². The van der Waals surface area contributed by atoms with Gasteiger partial charge in [0.25, 0.3) is 0 Å². The van der Waals surface area contributed by atoms with Crippen molar-refractivity contribution in [1.29, 1.82) is 0 Å². The highest BCUT2D eigenvalue weighted by atomic mass is 35.5. The molecule has 0 amide bonds. The number of rotatable bonds is 4. The summed E-state index contributed by atoms with van der Waals surface area (Å²) in [6, 6.07) is 13.8. The van der Waals surface area contributed by atoms with Gasteiger partial charge in [-0.15, -0.1) is 0 Å². The van der Waals surface area contributed by atoms with Crippen LogP contribution in [-0.4, -0.2) is 34.5 Å². The Morgan fingerprint density at radius 1 is 1.15 bits per heavy atom. The highest BCUT2D eigenvalue weighted by Crippen LogP contribution is 2.29. The Balaban J connectivity index is 1.84. The minimum absolute atomic E-state index is 0.683. The first-order valence-corrected chi connectivity index (χ1v) is 8.71. The predicted octanol–water partition coefficient (Wildman–Crippen LogP) is 2.34. The molecular weight excluding hydrogens is 345 g/mol. The predicted molar refractivity (Wildman–Crippen MR) is 108 cm³/mol. The van der Waals surface area contributed by atoms with Crippen molar-refractivity contribution in [3.05, 3.63) is 71.6 Å². The van der Waals surface area contributed by atoms with Crippen molar-refractivity contribution in [1.82, 2.24) is 19.6 Å². The first-order chi connectivity index (χ1) is 12.6. The fourth-order valence-corrected chi connectivity index (χ4v) is 3.21. The van der Waals surface area contributed by atoms with Gasteiger partial charge in [-0.1, -0.05) is 35.9 Å². The summed E-state index contributed by atoms with van der Waals surface area (Å²) in [5.41, 5.74) is 4.72. The van der Waals surface area contributed by atoms with Crippen LogP contribution >= 0.6 is 11.6 Å². The van der Waals surface area contributed by atoms with Gasteiger partial charge in [0.2, 0.25) is 0 Å². The SMILES string of the molecule is Bc1cnn2c(N(C)Cc3cccnc3)cc(-c3ccccc3Cl)nc12. The van der Waals surface area contributed by atoms with E-state index in [1.165, 1.54) is 0 Å². The Kier molecular flexibility index (Phi) is 4.35. The van der Waals surface area contributed by atoms with Crippen molar-refractivity contribution in [3.63, 3.8) is 0 Å². The van der Waals surface area contributed by atoms with Crippen LogP contribution in [0, 0.1) is 0 Å². The minimum atomic E-state index is 0.683. The summed E-state index contributed by atoms with van der Waals surface area (Å²) in [6.07, 6.45) is 5.48. The highest BCUT2D eigenvalue weighted by molar-refractivity contribution is 6.36. The average Bonchev–Trinajstić information content (AvgIpc) is 3.03. The van der Waals surface area contributed by atoms with Gasteiger partial charge >= 0.3 is 0 Å². The van der Waals surface area contributed by atoms with E-state index in [-0.39, 0.29) is 0 Å². The summed E-state index contributed by atoms with van der Waals surface area (Å²) in [5, 5.41) is 5.18. The molecule has 0 aliphatic rings. The molecule has 0 saturated carbocycles. The number of anilines is 1. The Labute approximate surface area is 157 Å². The van der Waals surface area contributed by atoms with E-state index < -0.39 is 0 Å². The lowest BCUT2D eigenvalue weighted by atomic mass is 10.0. The number of benzene rings is 1. The number of fused-ring (bicyclic) bond motifs is 1. The molecule has 3 aromatic heterocycles. The maximum Gasteiger partial charge on any atom is 0.151 e. The third-order valence-corrected chi connectivity index (χ3v) is 4.64. The van der Waals surface area contributed by atoms with Crippen LogP contribution in [0.5, 0.6) is 0 Å². The summed E-state index contributed by atoms with van der Waals surface area (Å²) >= 11 is 6.40. The molecule has 128 valence electrons.